The van der Waals surface area contributed by atoms with Gasteiger partial charge in [-0.05, 0) is 25.0 Å². The van der Waals surface area contributed by atoms with E-state index in [0.717, 1.165) is 4.68 Å². The van der Waals surface area contributed by atoms with Gasteiger partial charge in [-0.2, -0.15) is 18.3 Å². The SMILES string of the molecule is O=C(c1cc2c(cn1)c(Nc1ccncn1)nn2CC(F)(F)F)C1CCCOCN1. The van der Waals surface area contributed by atoms with Gasteiger partial charge in [-0.3, -0.25) is 19.8 Å². The van der Waals surface area contributed by atoms with Crippen LogP contribution in [0.15, 0.2) is 30.9 Å². The van der Waals surface area contributed by atoms with Crippen LogP contribution in [0.4, 0.5) is 24.8 Å². The first-order chi connectivity index (χ1) is 14.4. The molecule has 3 aromatic heterocycles. The van der Waals surface area contributed by atoms with Crippen LogP contribution >= 0.6 is 0 Å². The van der Waals surface area contributed by atoms with E-state index in [4.69, 9.17) is 4.74 Å². The largest absolute Gasteiger partial charge is 0.408 e. The van der Waals surface area contributed by atoms with E-state index >= 15 is 0 Å². The van der Waals surface area contributed by atoms with E-state index in [2.05, 4.69) is 30.7 Å². The van der Waals surface area contributed by atoms with Gasteiger partial charge in [0.1, 0.15) is 24.4 Å². The van der Waals surface area contributed by atoms with Crippen LogP contribution in [-0.4, -0.2) is 56.1 Å². The van der Waals surface area contributed by atoms with Crippen molar-refractivity contribution in [3.05, 3.63) is 36.5 Å². The normalized spacial score (nSPS) is 17.6. The molecule has 4 rings (SSSR count). The number of rotatable bonds is 5. The third-order valence-corrected chi connectivity index (χ3v) is 4.58. The summed E-state index contributed by atoms with van der Waals surface area (Å²) in [5, 5.41) is 10.2. The van der Waals surface area contributed by atoms with Gasteiger partial charge in [-0.1, -0.05) is 0 Å². The molecular formula is C18H18F3N7O2. The molecule has 1 fully saturated rings. The van der Waals surface area contributed by atoms with E-state index in [-0.39, 0.29) is 29.5 Å². The van der Waals surface area contributed by atoms with Gasteiger partial charge in [0.25, 0.3) is 0 Å². The highest BCUT2D eigenvalue weighted by molar-refractivity contribution is 6.02. The molecule has 3 aromatic rings. The number of carbonyl (C=O) groups excluding carboxylic acids is 1. The van der Waals surface area contributed by atoms with Crippen molar-refractivity contribution < 1.29 is 22.7 Å². The monoisotopic (exact) mass is 421 g/mol. The van der Waals surface area contributed by atoms with E-state index in [0.29, 0.717) is 30.7 Å². The zero-order valence-corrected chi connectivity index (χ0v) is 15.7. The molecule has 0 radical (unpaired) electrons. The van der Waals surface area contributed by atoms with Gasteiger partial charge in [0.05, 0.1) is 23.7 Å². The van der Waals surface area contributed by atoms with Crippen LogP contribution in [0.5, 0.6) is 0 Å². The van der Waals surface area contributed by atoms with Crippen LogP contribution in [0.2, 0.25) is 0 Å². The number of nitrogens with one attached hydrogen (secondary N) is 2. The lowest BCUT2D eigenvalue weighted by Gasteiger charge is -2.13. The Morgan fingerprint density at radius 3 is 3.00 bits per heavy atom. The fourth-order valence-electron chi connectivity index (χ4n) is 3.20. The molecule has 158 valence electrons. The molecular weight excluding hydrogens is 403 g/mol. The number of ether oxygens (including phenoxy) is 1. The second-order valence-corrected chi connectivity index (χ2v) is 6.74. The smallest absolute Gasteiger partial charge is 0.366 e. The number of anilines is 2. The number of nitrogens with zero attached hydrogens (tertiary/aromatic N) is 5. The summed E-state index contributed by atoms with van der Waals surface area (Å²) in [5.74, 6) is 0.222. The predicted octanol–water partition coefficient (Wildman–Crippen LogP) is 2.44. The van der Waals surface area contributed by atoms with Gasteiger partial charge in [0, 0.05) is 19.0 Å². The van der Waals surface area contributed by atoms with Gasteiger partial charge in [-0.25, -0.2) is 9.97 Å². The molecule has 4 heterocycles. The number of fused-ring (bicyclic) bond motifs is 1. The molecule has 0 aromatic carbocycles. The minimum Gasteiger partial charge on any atom is -0.366 e. The van der Waals surface area contributed by atoms with Crippen molar-refractivity contribution in [2.24, 2.45) is 0 Å². The van der Waals surface area contributed by atoms with Gasteiger partial charge >= 0.3 is 6.18 Å². The highest BCUT2D eigenvalue weighted by Gasteiger charge is 2.31. The number of carbonyl (C=O) groups is 1. The molecule has 30 heavy (non-hydrogen) atoms. The molecule has 1 aliphatic heterocycles. The second-order valence-electron chi connectivity index (χ2n) is 6.74. The molecule has 0 spiro atoms. The molecule has 0 bridgehead atoms. The highest BCUT2D eigenvalue weighted by atomic mass is 19.4. The van der Waals surface area contributed by atoms with Gasteiger partial charge in [-0.15, -0.1) is 0 Å². The van der Waals surface area contributed by atoms with Gasteiger partial charge in [0.2, 0.25) is 0 Å². The summed E-state index contributed by atoms with van der Waals surface area (Å²) in [5.41, 5.74) is 0.214. The summed E-state index contributed by atoms with van der Waals surface area (Å²) in [6.07, 6.45) is 0.905. The van der Waals surface area contributed by atoms with E-state index in [1.165, 1.54) is 24.8 Å². The van der Waals surface area contributed by atoms with E-state index in [1.807, 2.05) is 0 Å². The summed E-state index contributed by atoms with van der Waals surface area (Å²) in [7, 11) is 0. The summed E-state index contributed by atoms with van der Waals surface area (Å²) in [4.78, 5) is 24.8. The van der Waals surface area contributed by atoms with Crippen molar-refractivity contribution in [1.29, 1.82) is 0 Å². The third kappa shape index (κ3) is 4.54. The molecule has 9 nitrogen and oxygen atoms in total. The molecule has 0 aliphatic carbocycles. The van der Waals surface area contributed by atoms with Crippen molar-refractivity contribution >= 4 is 28.3 Å². The number of ketones is 1. The Balaban J connectivity index is 1.71. The Kier molecular flexibility index (Phi) is 5.59. The van der Waals surface area contributed by atoms with Crippen molar-refractivity contribution in [3.8, 4) is 0 Å². The molecule has 0 saturated carbocycles. The topological polar surface area (TPSA) is 107 Å². The third-order valence-electron chi connectivity index (χ3n) is 4.58. The van der Waals surface area contributed by atoms with Crippen LogP contribution in [0, 0.1) is 0 Å². The maximum Gasteiger partial charge on any atom is 0.408 e. The molecule has 2 N–H and O–H groups in total. The molecule has 1 unspecified atom stereocenters. The number of hydrogen-bond acceptors (Lipinski definition) is 8. The number of halogens is 3. The summed E-state index contributed by atoms with van der Waals surface area (Å²) in [6, 6.07) is 2.39. The lowest BCUT2D eigenvalue weighted by molar-refractivity contribution is -0.141. The minimum absolute atomic E-state index is 0.0683. The first kappa shape index (κ1) is 20.2. The van der Waals surface area contributed by atoms with Crippen LogP contribution < -0.4 is 10.6 Å². The second kappa shape index (κ2) is 8.32. The van der Waals surface area contributed by atoms with Crippen LogP contribution in [0.3, 0.4) is 0 Å². The first-order valence-electron chi connectivity index (χ1n) is 9.22. The van der Waals surface area contributed by atoms with Crippen LogP contribution in [0.25, 0.3) is 10.9 Å². The molecule has 12 heteroatoms. The first-order valence-corrected chi connectivity index (χ1v) is 9.22. The van der Waals surface area contributed by atoms with E-state index < -0.39 is 18.8 Å². The maximum atomic E-state index is 13.1. The highest BCUT2D eigenvalue weighted by Crippen LogP contribution is 2.28. The number of hydrogen-bond donors (Lipinski definition) is 2. The van der Waals surface area contributed by atoms with Crippen molar-refractivity contribution in [2.45, 2.75) is 31.6 Å². The van der Waals surface area contributed by atoms with Gasteiger partial charge in [0.15, 0.2) is 11.6 Å². The molecule has 1 aliphatic rings. The Hall–Kier alpha value is -3.12. The Morgan fingerprint density at radius 2 is 2.23 bits per heavy atom. The van der Waals surface area contributed by atoms with Gasteiger partial charge < -0.3 is 10.1 Å². The Bertz CT molecular complexity index is 1030. The summed E-state index contributed by atoms with van der Waals surface area (Å²) >= 11 is 0. The molecule has 0 amide bonds. The fourth-order valence-corrected chi connectivity index (χ4v) is 3.20. The summed E-state index contributed by atoms with van der Waals surface area (Å²) < 4.78 is 45.4. The van der Waals surface area contributed by atoms with E-state index in [1.54, 1.807) is 6.07 Å². The lowest BCUT2D eigenvalue weighted by atomic mass is 10.0. The Morgan fingerprint density at radius 1 is 1.37 bits per heavy atom. The lowest BCUT2D eigenvalue weighted by Crippen LogP contribution is -2.36. The minimum atomic E-state index is -4.49. The number of alkyl halides is 3. The van der Waals surface area contributed by atoms with Crippen molar-refractivity contribution in [2.75, 3.05) is 18.7 Å². The predicted molar refractivity (Wildman–Crippen MR) is 100 cm³/mol. The van der Waals surface area contributed by atoms with E-state index in [9.17, 15) is 18.0 Å². The van der Waals surface area contributed by atoms with Crippen LogP contribution in [-0.2, 0) is 11.3 Å². The number of aromatic nitrogens is 5. The maximum absolute atomic E-state index is 13.1. The zero-order chi connectivity index (χ0) is 21.1. The zero-order valence-electron chi connectivity index (χ0n) is 15.7. The standard InChI is InChI=1S/C18H18F3N7O2/c19-18(20,21)8-28-14-6-13(16(29)12-2-1-5-30-10-25-12)23-7-11(14)17(27-28)26-15-3-4-22-9-24-15/h3-4,6-7,9,12,25H,1-2,5,8,10H2,(H,22,24,26,27). The van der Waals surface area contributed by atoms with Crippen LogP contribution in [0.1, 0.15) is 23.3 Å². The molecule has 1 atom stereocenters. The average Bonchev–Trinajstić information content (AvgIpc) is 2.89. The molecule has 1 saturated heterocycles. The fraction of sp³-hybridized carbons (Fsp3) is 0.389. The van der Waals surface area contributed by atoms with Crippen molar-refractivity contribution in [3.63, 3.8) is 0 Å². The Labute approximate surface area is 168 Å². The van der Waals surface area contributed by atoms with Crippen molar-refractivity contribution in [1.82, 2.24) is 30.0 Å². The number of pyridine rings is 1. The summed E-state index contributed by atoms with van der Waals surface area (Å²) in [6.45, 7) is -0.528. The average molecular weight is 421 g/mol. The quantitative estimate of drug-likeness (QED) is 0.605. The number of Topliss-reactive ketones (excluding diaryl/α,β-unsaturated/α-hetero) is 1.